The fourth-order valence-corrected chi connectivity index (χ4v) is 2.00. The van der Waals surface area contributed by atoms with E-state index < -0.39 is 0 Å². The number of aryl methyl sites for hydroxylation is 1. The molecule has 1 rings (SSSR count). The Morgan fingerprint density at radius 1 is 0.867 bits per heavy atom. The van der Waals surface area contributed by atoms with Crippen LogP contribution in [0.1, 0.15) is 70.1 Å². The molecule has 0 radical (unpaired) electrons. The molecule has 0 spiro atoms. The minimum Gasteiger partial charge on any atom is -0.0683 e. The second-order valence-electron chi connectivity index (χ2n) is 4.39. The Kier molecular flexibility index (Phi) is 6.31. The summed E-state index contributed by atoms with van der Waals surface area (Å²) >= 11 is 0. The van der Waals surface area contributed by atoms with Crippen molar-refractivity contribution in [3.05, 3.63) is 34.9 Å². The van der Waals surface area contributed by atoms with Crippen LogP contribution in [-0.4, -0.2) is 0 Å². The van der Waals surface area contributed by atoms with E-state index in [9.17, 15) is 0 Å². The van der Waals surface area contributed by atoms with Gasteiger partial charge >= 0.3 is 0 Å². The molecule has 0 aliphatic carbocycles. The van der Waals surface area contributed by atoms with Crippen LogP contribution < -0.4 is 0 Å². The van der Waals surface area contributed by atoms with Gasteiger partial charge in [-0.3, -0.25) is 0 Å². The van der Waals surface area contributed by atoms with Crippen LogP contribution in [0.4, 0.5) is 0 Å². The zero-order valence-electron chi connectivity index (χ0n) is 11.4. The summed E-state index contributed by atoms with van der Waals surface area (Å²) in [6.07, 6.45) is 0. The van der Waals surface area contributed by atoms with Crippen molar-refractivity contribution >= 4 is 0 Å². The summed E-state index contributed by atoms with van der Waals surface area (Å²) in [4.78, 5) is 0. The largest absolute Gasteiger partial charge is 0.0683 e. The summed E-state index contributed by atoms with van der Waals surface area (Å²) in [7, 11) is 0. The maximum atomic E-state index is 2.27. The molecule has 0 aromatic heterocycles. The van der Waals surface area contributed by atoms with Gasteiger partial charge in [-0.2, -0.15) is 0 Å². The van der Waals surface area contributed by atoms with Gasteiger partial charge in [-0.1, -0.05) is 59.7 Å². The van der Waals surface area contributed by atoms with E-state index in [0.29, 0.717) is 11.8 Å². The molecule has 0 aliphatic rings. The SMILES string of the molecule is CC.Cc1cccc(C(C)C)c1C(C)C. The van der Waals surface area contributed by atoms with Gasteiger partial charge in [-0.15, -0.1) is 0 Å². The van der Waals surface area contributed by atoms with Crippen LogP contribution in [0.5, 0.6) is 0 Å². The van der Waals surface area contributed by atoms with Gasteiger partial charge in [0.2, 0.25) is 0 Å². The van der Waals surface area contributed by atoms with Crippen LogP contribution in [0.2, 0.25) is 0 Å². The molecular weight excluding hydrogens is 180 g/mol. The lowest BCUT2D eigenvalue weighted by atomic mass is 9.87. The summed E-state index contributed by atoms with van der Waals surface area (Å²) in [5, 5.41) is 0. The molecule has 0 atom stereocenters. The van der Waals surface area contributed by atoms with Gasteiger partial charge in [0.1, 0.15) is 0 Å². The highest BCUT2D eigenvalue weighted by Gasteiger charge is 2.11. The molecule has 1 aromatic carbocycles. The molecule has 0 bridgehead atoms. The van der Waals surface area contributed by atoms with Crippen molar-refractivity contribution in [1.29, 1.82) is 0 Å². The summed E-state index contributed by atoms with van der Waals surface area (Å²) in [6.45, 7) is 15.3. The van der Waals surface area contributed by atoms with E-state index in [4.69, 9.17) is 0 Å². The van der Waals surface area contributed by atoms with Crippen LogP contribution in [0.25, 0.3) is 0 Å². The highest BCUT2D eigenvalue weighted by atomic mass is 14.2. The van der Waals surface area contributed by atoms with Crippen molar-refractivity contribution in [3.63, 3.8) is 0 Å². The second kappa shape index (κ2) is 6.66. The number of hydrogen-bond donors (Lipinski definition) is 0. The predicted molar refractivity (Wildman–Crippen MR) is 70.7 cm³/mol. The van der Waals surface area contributed by atoms with Gasteiger partial charge in [0, 0.05) is 0 Å². The monoisotopic (exact) mass is 206 g/mol. The van der Waals surface area contributed by atoms with Gasteiger partial charge in [-0.05, 0) is 35.4 Å². The minimum absolute atomic E-state index is 0.636. The fraction of sp³-hybridized carbons (Fsp3) is 0.600. The Balaban J connectivity index is 0.000000921. The van der Waals surface area contributed by atoms with Gasteiger partial charge in [-0.25, -0.2) is 0 Å². The van der Waals surface area contributed by atoms with Gasteiger partial charge in [0.25, 0.3) is 0 Å². The first kappa shape index (κ1) is 14.2. The Morgan fingerprint density at radius 2 is 1.40 bits per heavy atom. The van der Waals surface area contributed by atoms with Gasteiger partial charge in [0.05, 0.1) is 0 Å². The Bertz CT molecular complexity index is 282. The molecule has 0 saturated heterocycles. The number of rotatable bonds is 2. The Hall–Kier alpha value is -0.780. The van der Waals surface area contributed by atoms with E-state index in [0.717, 1.165) is 0 Å². The predicted octanol–water partition coefficient (Wildman–Crippen LogP) is 5.27. The normalized spacial score (nSPS) is 10.2. The summed E-state index contributed by atoms with van der Waals surface area (Å²) in [5.41, 5.74) is 4.48. The second-order valence-corrected chi connectivity index (χ2v) is 4.39. The maximum Gasteiger partial charge on any atom is -0.0213 e. The van der Waals surface area contributed by atoms with E-state index in [1.807, 2.05) is 13.8 Å². The van der Waals surface area contributed by atoms with Crippen LogP contribution >= 0.6 is 0 Å². The van der Waals surface area contributed by atoms with Gasteiger partial charge < -0.3 is 0 Å². The van der Waals surface area contributed by atoms with Gasteiger partial charge in [0.15, 0.2) is 0 Å². The molecule has 0 aliphatic heterocycles. The molecule has 86 valence electrons. The van der Waals surface area contributed by atoms with Crippen molar-refractivity contribution in [1.82, 2.24) is 0 Å². The third-order valence-corrected chi connectivity index (χ3v) is 2.56. The first-order valence-electron chi connectivity index (χ1n) is 6.13. The summed E-state index contributed by atoms with van der Waals surface area (Å²) in [6, 6.07) is 6.63. The zero-order chi connectivity index (χ0) is 12.0. The van der Waals surface area contributed by atoms with Crippen LogP contribution in [-0.2, 0) is 0 Å². The highest BCUT2D eigenvalue weighted by molar-refractivity contribution is 5.38. The molecule has 0 fully saturated rings. The summed E-state index contributed by atoms with van der Waals surface area (Å²) in [5.74, 6) is 1.27. The fourth-order valence-electron chi connectivity index (χ4n) is 2.00. The van der Waals surface area contributed by atoms with E-state index in [1.165, 1.54) is 16.7 Å². The lowest BCUT2D eigenvalue weighted by molar-refractivity contribution is 0.783. The number of benzene rings is 1. The molecular formula is C15H26. The lowest BCUT2D eigenvalue weighted by Gasteiger charge is -2.18. The molecule has 1 aromatic rings. The van der Waals surface area contributed by atoms with Crippen molar-refractivity contribution in [2.75, 3.05) is 0 Å². The first-order chi connectivity index (χ1) is 7.04. The third kappa shape index (κ3) is 3.70. The smallest absolute Gasteiger partial charge is 0.0213 e. The minimum atomic E-state index is 0.636. The quantitative estimate of drug-likeness (QED) is 0.618. The molecule has 15 heavy (non-hydrogen) atoms. The lowest BCUT2D eigenvalue weighted by Crippen LogP contribution is -2.00. The van der Waals surface area contributed by atoms with Crippen LogP contribution in [0, 0.1) is 6.92 Å². The topological polar surface area (TPSA) is 0 Å². The molecule has 0 N–H and O–H groups in total. The molecule has 0 heteroatoms. The van der Waals surface area contributed by atoms with Crippen LogP contribution in [0.15, 0.2) is 18.2 Å². The first-order valence-corrected chi connectivity index (χ1v) is 6.13. The van der Waals surface area contributed by atoms with E-state index in [1.54, 1.807) is 0 Å². The molecule has 0 heterocycles. The van der Waals surface area contributed by atoms with E-state index >= 15 is 0 Å². The molecule has 0 amide bonds. The third-order valence-electron chi connectivity index (χ3n) is 2.56. The van der Waals surface area contributed by atoms with Crippen molar-refractivity contribution in [2.45, 2.75) is 60.3 Å². The summed E-state index contributed by atoms with van der Waals surface area (Å²) < 4.78 is 0. The molecule has 0 nitrogen and oxygen atoms in total. The van der Waals surface area contributed by atoms with Crippen molar-refractivity contribution in [2.24, 2.45) is 0 Å². The van der Waals surface area contributed by atoms with Crippen molar-refractivity contribution < 1.29 is 0 Å². The van der Waals surface area contributed by atoms with Crippen LogP contribution in [0.3, 0.4) is 0 Å². The van der Waals surface area contributed by atoms with E-state index in [-0.39, 0.29) is 0 Å². The Morgan fingerprint density at radius 3 is 1.73 bits per heavy atom. The number of hydrogen-bond acceptors (Lipinski definition) is 0. The highest BCUT2D eigenvalue weighted by Crippen LogP contribution is 2.28. The average Bonchev–Trinajstić information content (AvgIpc) is 2.19. The zero-order valence-corrected chi connectivity index (χ0v) is 11.4. The van der Waals surface area contributed by atoms with Crippen molar-refractivity contribution in [3.8, 4) is 0 Å². The standard InChI is InChI=1S/C13H20.C2H6/c1-9(2)12-8-6-7-11(5)13(12)10(3)4;1-2/h6-10H,1-5H3;1-2H3. The molecule has 0 saturated carbocycles. The molecule has 0 unspecified atom stereocenters. The Labute approximate surface area is 95.7 Å². The average molecular weight is 206 g/mol. The maximum absolute atomic E-state index is 2.27. The van der Waals surface area contributed by atoms with E-state index in [2.05, 4.69) is 52.8 Å².